The summed E-state index contributed by atoms with van der Waals surface area (Å²) < 4.78 is 4.95. The van der Waals surface area contributed by atoms with Crippen LogP contribution in [0.5, 0.6) is 0 Å². The average Bonchev–Trinajstić information content (AvgIpc) is 3.21. The smallest absolute Gasteiger partial charge is 0.195 e. The molecular weight excluding hydrogens is 436 g/mol. The maximum absolute atomic E-state index is 2.48. The first-order chi connectivity index (χ1) is 16.7. The van der Waals surface area contributed by atoms with Crippen molar-refractivity contribution in [2.75, 3.05) is 0 Å². The average molecular weight is 486 g/mol. The van der Waals surface area contributed by atoms with E-state index in [-0.39, 0.29) is 5.41 Å². The van der Waals surface area contributed by atoms with Crippen molar-refractivity contribution < 1.29 is 4.57 Å². The first kappa shape index (κ1) is 28.0. The summed E-state index contributed by atoms with van der Waals surface area (Å²) in [5.41, 5.74) is 9.65. The second-order valence-corrected chi connectivity index (χ2v) is 12.7. The fourth-order valence-corrected chi connectivity index (χ4v) is 5.43. The molecule has 2 nitrogen and oxygen atoms in total. The van der Waals surface area contributed by atoms with E-state index in [1.54, 1.807) is 0 Å². The Kier molecular flexibility index (Phi) is 8.38. The van der Waals surface area contributed by atoms with E-state index in [0.717, 1.165) is 0 Å². The van der Waals surface area contributed by atoms with Crippen LogP contribution in [-0.4, -0.2) is 4.57 Å². The van der Waals surface area contributed by atoms with Crippen LogP contribution in [0.3, 0.4) is 0 Å². The molecule has 0 aliphatic rings. The van der Waals surface area contributed by atoms with Crippen molar-refractivity contribution in [3.8, 4) is 11.4 Å². The molecule has 36 heavy (non-hydrogen) atoms. The van der Waals surface area contributed by atoms with E-state index < -0.39 is 0 Å². The Labute approximate surface area is 221 Å². The number of hydrogen-bond acceptors (Lipinski definition) is 0. The lowest BCUT2D eigenvalue weighted by atomic mass is 9.91. The van der Waals surface area contributed by atoms with Gasteiger partial charge in [0.1, 0.15) is 23.8 Å². The van der Waals surface area contributed by atoms with Gasteiger partial charge in [-0.3, -0.25) is 0 Å². The van der Waals surface area contributed by atoms with Crippen LogP contribution in [0.2, 0.25) is 0 Å². The van der Waals surface area contributed by atoms with Crippen molar-refractivity contribution in [1.29, 1.82) is 0 Å². The molecule has 3 aromatic rings. The van der Waals surface area contributed by atoms with Gasteiger partial charge in [0.25, 0.3) is 5.82 Å². The van der Waals surface area contributed by atoms with Gasteiger partial charge in [-0.05, 0) is 36.0 Å². The Balaban J connectivity index is 2.53. The third-order valence-corrected chi connectivity index (χ3v) is 6.99. The lowest BCUT2D eigenvalue weighted by Gasteiger charge is -2.21. The summed E-state index contributed by atoms with van der Waals surface area (Å²) in [5, 5.41) is 0. The van der Waals surface area contributed by atoms with Gasteiger partial charge >= 0.3 is 0 Å². The van der Waals surface area contributed by atoms with E-state index in [1.807, 2.05) is 0 Å². The lowest BCUT2D eigenvalue weighted by molar-refractivity contribution is -0.598. The first-order valence-electron chi connectivity index (χ1n) is 13.8. The van der Waals surface area contributed by atoms with E-state index in [4.69, 9.17) is 0 Å². The van der Waals surface area contributed by atoms with E-state index >= 15 is 0 Å². The summed E-state index contributed by atoms with van der Waals surface area (Å²) in [7, 11) is 0. The zero-order valence-electron chi connectivity index (χ0n) is 24.9. The molecule has 0 atom stereocenters. The highest BCUT2D eigenvalue weighted by molar-refractivity contribution is 5.62. The van der Waals surface area contributed by atoms with E-state index in [2.05, 4.69) is 147 Å². The Morgan fingerprint density at radius 1 is 0.722 bits per heavy atom. The van der Waals surface area contributed by atoms with Crippen LogP contribution >= 0.6 is 0 Å². The Morgan fingerprint density at radius 2 is 1.14 bits per heavy atom. The molecule has 1 heterocycles. The number of allylic oxidation sites excluding steroid dienone is 2. The predicted molar refractivity (Wildman–Crippen MR) is 157 cm³/mol. The van der Waals surface area contributed by atoms with Crippen LogP contribution < -0.4 is 4.57 Å². The molecule has 2 aromatic carbocycles. The molecule has 0 radical (unpaired) electrons. The quantitative estimate of drug-likeness (QED) is 0.294. The molecule has 0 bridgehead atoms. The SMILES string of the molecule is C/C(=C\C(C)(C)C)c1n(-c2c(C(C)C)cccc2C(C)C)cc[n+]1-c1c(C(C)C)cccc1C(C)C. The first-order valence-corrected chi connectivity index (χ1v) is 13.8. The molecule has 0 fully saturated rings. The number of nitrogens with zero attached hydrogens (tertiary/aromatic N) is 2. The van der Waals surface area contributed by atoms with Gasteiger partial charge in [-0.15, -0.1) is 0 Å². The zero-order valence-corrected chi connectivity index (χ0v) is 24.9. The molecule has 3 rings (SSSR count). The number of rotatable bonds is 7. The normalized spacial score (nSPS) is 13.1. The summed E-state index contributed by atoms with van der Waals surface area (Å²) in [6, 6.07) is 13.7. The van der Waals surface area contributed by atoms with Crippen molar-refractivity contribution in [3.63, 3.8) is 0 Å². The Morgan fingerprint density at radius 3 is 1.53 bits per heavy atom. The number of para-hydroxylation sites is 2. The van der Waals surface area contributed by atoms with Gasteiger partial charge in [-0.2, -0.15) is 9.13 Å². The summed E-state index contributed by atoms with van der Waals surface area (Å²) in [6.45, 7) is 27.6. The van der Waals surface area contributed by atoms with Gasteiger partial charge < -0.3 is 0 Å². The Hall–Kier alpha value is -2.61. The van der Waals surface area contributed by atoms with Crippen LogP contribution in [0.25, 0.3) is 16.9 Å². The summed E-state index contributed by atoms with van der Waals surface area (Å²) >= 11 is 0. The lowest BCUT2D eigenvalue weighted by Crippen LogP contribution is -2.37. The summed E-state index contributed by atoms with van der Waals surface area (Å²) in [5.74, 6) is 2.98. The fourth-order valence-electron chi connectivity index (χ4n) is 5.43. The number of aromatic nitrogens is 2. The van der Waals surface area contributed by atoms with Crippen molar-refractivity contribution >= 4 is 5.57 Å². The van der Waals surface area contributed by atoms with Crippen LogP contribution in [0, 0.1) is 5.41 Å². The van der Waals surface area contributed by atoms with Gasteiger partial charge in [0.05, 0.1) is 0 Å². The molecule has 2 heteroatoms. The van der Waals surface area contributed by atoms with Gasteiger partial charge in [0.2, 0.25) is 0 Å². The standard InChI is InChI=1S/C34H49N2/c1-22(2)27-15-13-16-28(23(3)4)31(27)35-19-20-36(33(35)26(9)21-34(10,11)12)32-29(24(5)6)17-14-18-30(32)25(7)8/h13-25H,1-12H3/q+1/b26-21+. The monoisotopic (exact) mass is 485 g/mol. The molecule has 0 spiro atoms. The highest BCUT2D eigenvalue weighted by atomic mass is 15.2. The van der Waals surface area contributed by atoms with Gasteiger partial charge in [-0.25, -0.2) is 0 Å². The minimum atomic E-state index is 0.0773. The molecule has 0 aliphatic carbocycles. The molecule has 0 N–H and O–H groups in total. The number of imidazole rings is 1. The van der Waals surface area contributed by atoms with Crippen molar-refractivity contribution in [3.05, 3.63) is 82.9 Å². The molecule has 0 saturated carbocycles. The van der Waals surface area contributed by atoms with Gasteiger partial charge in [0, 0.05) is 27.8 Å². The highest BCUT2D eigenvalue weighted by Gasteiger charge is 2.31. The van der Waals surface area contributed by atoms with Crippen molar-refractivity contribution in [2.24, 2.45) is 5.41 Å². The van der Waals surface area contributed by atoms with Crippen LogP contribution in [0.4, 0.5) is 0 Å². The van der Waals surface area contributed by atoms with Gasteiger partial charge in [0.15, 0.2) is 0 Å². The predicted octanol–water partition coefficient (Wildman–Crippen LogP) is 9.70. The Bertz CT molecular complexity index is 1090. The second kappa shape index (κ2) is 10.8. The van der Waals surface area contributed by atoms with E-state index in [9.17, 15) is 0 Å². The van der Waals surface area contributed by atoms with Crippen LogP contribution in [-0.2, 0) is 0 Å². The minimum absolute atomic E-state index is 0.0773. The zero-order chi connectivity index (χ0) is 26.9. The summed E-state index contributed by atoms with van der Waals surface area (Å²) in [4.78, 5) is 0. The van der Waals surface area contributed by atoms with Gasteiger partial charge in [-0.1, -0.05) is 119 Å². The molecule has 0 saturated heterocycles. The maximum atomic E-state index is 2.48. The third-order valence-electron chi connectivity index (χ3n) is 6.99. The van der Waals surface area contributed by atoms with Crippen LogP contribution in [0.15, 0.2) is 54.9 Å². The van der Waals surface area contributed by atoms with Crippen LogP contribution in [0.1, 0.15) is 135 Å². The third kappa shape index (κ3) is 5.69. The second-order valence-electron chi connectivity index (χ2n) is 12.7. The molecule has 194 valence electrons. The molecular formula is C34H49N2+. The number of benzene rings is 2. The highest BCUT2D eigenvalue weighted by Crippen LogP contribution is 2.35. The maximum Gasteiger partial charge on any atom is 0.294 e. The topological polar surface area (TPSA) is 8.81 Å². The summed E-state index contributed by atoms with van der Waals surface area (Å²) in [6.07, 6.45) is 7.02. The minimum Gasteiger partial charge on any atom is -0.195 e. The largest absolute Gasteiger partial charge is 0.294 e. The van der Waals surface area contributed by atoms with Crippen molar-refractivity contribution in [2.45, 2.75) is 107 Å². The van der Waals surface area contributed by atoms with E-state index in [0.29, 0.717) is 23.7 Å². The fraction of sp³-hybridized carbons (Fsp3) is 0.500. The molecule has 0 unspecified atom stereocenters. The molecule has 1 aromatic heterocycles. The molecule has 0 amide bonds. The molecule has 0 aliphatic heterocycles. The van der Waals surface area contributed by atoms with E-state index in [1.165, 1.54) is 45.0 Å². The number of hydrogen-bond donors (Lipinski definition) is 0. The van der Waals surface area contributed by atoms with Crippen molar-refractivity contribution in [1.82, 2.24) is 4.57 Å².